The van der Waals surface area contributed by atoms with E-state index in [-0.39, 0.29) is 35.5 Å². The number of benzene rings is 3. The normalized spacial score (nSPS) is 25.5. The highest BCUT2D eigenvalue weighted by Gasteiger charge is 2.62. The molecule has 6 rings (SSSR count). The molecule has 1 aliphatic heterocycles. The summed E-state index contributed by atoms with van der Waals surface area (Å²) in [5.74, 6) is -0.900. The van der Waals surface area contributed by atoms with E-state index < -0.39 is 0 Å². The second kappa shape index (κ2) is 7.55. The zero-order chi connectivity index (χ0) is 21.8. The van der Waals surface area contributed by atoms with Crippen LogP contribution in [-0.2, 0) is 9.59 Å². The zero-order valence-corrected chi connectivity index (χ0v) is 19.3. The van der Waals surface area contributed by atoms with E-state index in [1.807, 2.05) is 60.7 Å². The molecule has 1 saturated heterocycles. The number of halogens is 1. The molecule has 2 fully saturated rings. The van der Waals surface area contributed by atoms with E-state index in [1.54, 1.807) is 0 Å². The molecule has 156 valence electrons. The van der Waals surface area contributed by atoms with Crippen LogP contribution in [0.1, 0.15) is 11.1 Å². The Morgan fingerprint density at radius 1 is 0.688 bits per heavy atom. The molecule has 3 aromatic rings. The van der Waals surface area contributed by atoms with Crippen molar-refractivity contribution in [2.24, 2.45) is 23.7 Å². The van der Waals surface area contributed by atoms with Crippen LogP contribution in [0.2, 0.25) is 0 Å². The molecule has 2 amide bonds. The van der Waals surface area contributed by atoms with E-state index in [0.29, 0.717) is 5.69 Å². The number of nitrogens with zero attached hydrogens (tertiary/aromatic N) is 1. The third kappa shape index (κ3) is 2.85. The monoisotopic (exact) mass is 529 g/mol. The maximum atomic E-state index is 13.6. The van der Waals surface area contributed by atoms with Gasteiger partial charge < -0.3 is 0 Å². The summed E-state index contributed by atoms with van der Waals surface area (Å²) < 4.78 is 1.01. The van der Waals surface area contributed by atoms with Gasteiger partial charge in [0.1, 0.15) is 0 Å². The van der Waals surface area contributed by atoms with Gasteiger partial charge in [-0.1, -0.05) is 78.9 Å². The molecule has 3 aliphatic rings. The average Bonchev–Trinajstić information content (AvgIpc) is 3.45. The van der Waals surface area contributed by atoms with Crippen molar-refractivity contribution in [1.82, 2.24) is 0 Å². The number of hydrogen-bond donors (Lipinski definition) is 0. The Morgan fingerprint density at radius 2 is 1.22 bits per heavy atom. The smallest absolute Gasteiger partial charge is 0.238 e. The molecule has 0 spiro atoms. The summed E-state index contributed by atoms with van der Waals surface area (Å²) in [6, 6.07) is 28.3. The fourth-order valence-corrected chi connectivity index (χ4v) is 6.20. The Morgan fingerprint density at radius 3 is 1.72 bits per heavy atom. The Bertz CT molecular complexity index is 1220. The number of hydrogen-bond acceptors (Lipinski definition) is 2. The quantitative estimate of drug-likeness (QED) is 0.248. The lowest BCUT2D eigenvalue weighted by atomic mass is 9.85. The third-order valence-corrected chi connectivity index (χ3v) is 7.57. The first-order valence-electron chi connectivity index (χ1n) is 10.8. The fourth-order valence-electron chi connectivity index (χ4n) is 5.68. The molecule has 1 saturated carbocycles. The van der Waals surface area contributed by atoms with Gasteiger partial charge in [-0.3, -0.25) is 9.59 Å². The molecular weight excluding hydrogens is 509 g/mol. The molecular formula is C28H20INO2. The fraction of sp³-hybridized carbons (Fsp3) is 0.143. The van der Waals surface area contributed by atoms with Crippen LogP contribution in [0.15, 0.2) is 103 Å². The average molecular weight is 529 g/mol. The molecule has 2 aliphatic carbocycles. The maximum absolute atomic E-state index is 13.6. The summed E-state index contributed by atoms with van der Waals surface area (Å²) in [6.45, 7) is 0. The standard InChI is InChI=1S/C28H20INO2/c29-19-12-7-13-20(16-19)30-27(31)25-21-14-15-22(26(25)28(30)32)24(21)23(17-8-3-1-4-9-17)18-10-5-2-6-11-18/h1-16,21-22,25-26H/t21-,22-,25+,26+/m0/s1. The van der Waals surface area contributed by atoms with Crippen molar-refractivity contribution in [2.75, 3.05) is 4.90 Å². The Balaban J connectivity index is 1.49. The summed E-state index contributed by atoms with van der Waals surface area (Å²) in [5.41, 5.74) is 5.30. The molecule has 3 nitrogen and oxygen atoms in total. The number of amides is 2. The van der Waals surface area contributed by atoms with E-state index in [2.05, 4.69) is 59.0 Å². The van der Waals surface area contributed by atoms with Crippen molar-refractivity contribution >= 4 is 45.7 Å². The predicted molar refractivity (Wildman–Crippen MR) is 134 cm³/mol. The molecule has 32 heavy (non-hydrogen) atoms. The van der Waals surface area contributed by atoms with Crippen LogP contribution in [0.3, 0.4) is 0 Å². The van der Waals surface area contributed by atoms with Crippen LogP contribution in [0.5, 0.6) is 0 Å². The van der Waals surface area contributed by atoms with Gasteiger partial charge in [0.15, 0.2) is 0 Å². The Labute approximate surface area is 200 Å². The van der Waals surface area contributed by atoms with Crippen molar-refractivity contribution in [2.45, 2.75) is 0 Å². The summed E-state index contributed by atoms with van der Waals surface area (Å²) in [6.07, 6.45) is 4.30. The molecule has 2 bridgehead atoms. The minimum atomic E-state index is -0.326. The van der Waals surface area contributed by atoms with Crippen LogP contribution in [0.25, 0.3) is 5.57 Å². The summed E-state index contributed by atoms with van der Waals surface area (Å²) in [4.78, 5) is 28.6. The van der Waals surface area contributed by atoms with E-state index in [0.717, 1.165) is 20.3 Å². The molecule has 0 N–H and O–H groups in total. The molecule has 3 aromatic carbocycles. The van der Waals surface area contributed by atoms with Crippen LogP contribution in [0, 0.1) is 27.2 Å². The third-order valence-electron chi connectivity index (χ3n) is 6.90. The number of imide groups is 1. The van der Waals surface area contributed by atoms with Gasteiger partial charge in [0.05, 0.1) is 17.5 Å². The molecule has 4 atom stereocenters. The SMILES string of the molecule is O=C1[C@H]2[C@H](C(=O)N1c1cccc(I)c1)[C@H]1C=C[C@H]2C1=C(c1ccccc1)c1ccccc1. The van der Waals surface area contributed by atoms with Crippen molar-refractivity contribution in [3.63, 3.8) is 0 Å². The van der Waals surface area contributed by atoms with E-state index in [9.17, 15) is 9.59 Å². The number of carbonyl (C=O) groups is 2. The number of fused-ring (bicyclic) bond motifs is 5. The minimum Gasteiger partial charge on any atom is -0.274 e. The van der Waals surface area contributed by atoms with Gasteiger partial charge in [0.2, 0.25) is 11.8 Å². The predicted octanol–water partition coefficient (Wildman–Crippen LogP) is 5.71. The first kappa shape index (κ1) is 19.7. The van der Waals surface area contributed by atoms with Crippen molar-refractivity contribution in [1.29, 1.82) is 0 Å². The Hall–Kier alpha value is -2.99. The summed E-state index contributed by atoms with van der Waals surface area (Å²) in [7, 11) is 0. The largest absolute Gasteiger partial charge is 0.274 e. The highest BCUT2D eigenvalue weighted by Crippen LogP contribution is 2.58. The number of allylic oxidation sites excluding steroid dienone is 3. The van der Waals surface area contributed by atoms with Crippen LogP contribution in [0.4, 0.5) is 5.69 Å². The second-order valence-electron chi connectivity index (χ2n) is 8.54. The first-order chi connectivity index (χ1) is 15.6. The summed E-state index contributed by atoms with van der Waals surface area (Å²) in [5, 5.41) is 0. The van der Waals surface area contributed by atoms with Crippen LogP contribution < -0.4 is 4.90 Å². The van der Waals surface area contributed by atoms with Gasteiger partial charge in [-0.2, -0.15) is 0 Å². The molecule has 1 heterocycles. The molecule has 0 radical (unpaired) electrons. The minimum absolute atomic E-state index is 0.0513. The Kier molecular flexibility index (Phi) is 4.65. The highest BCUT2D eigenvalue weighted by molar-refractivity contribution is 14.1. The second-order valence-corrected chi connectivity index (χ2v) is 9.79. The van der Waals surface area contributed by atoms with Gasteiger partial charge in [0, 0.05) is 15.4 Å². The van der Waals surface area contributed by atoms with Crippen LogP contribution >= 0.6 is 22.6 Å². The summed E-state index contributed by atoms with van der Waals surface area (Å²) >= 11 is 2.22. The number of rotatable bonds is 3. The van der Waals surface area contributed by atoms with E-state index in [1.165, 1.54) is 10.5 Å². The van der Waals surface area contributed by atoms with Gasteiger partial charge in [0.25, 0.3) is 0 Å². The molecule has 4 heteroatoms. The lowest BCUT2D eigenvalue weighted by Gasteiger charge is -2.21. The van der Waals surface area contributed by atoms with E-state index in [4.69, 9.17) is 0 Å². The first-order valence-corrected chi connectivity index (χ1v) is 11.9. The van der Waals surface area contributed by atoms with Gasteiger partial charge >= 0.3 is 0 Å². The van der Waals surface area contributed by atoms with Crippen LogP contribution in [-0.4, -0.2) is 11.8 Å². The lowest BCUT2D eigenvalue weighted by Crippen LogP contribution is -2.33. The zero-order valence-electron chi connectivity index (χ0n) is 17.2. The number of carbonyl (C=O) groups excluding carboxylic acids is 2. The van der Waals surface area contributed by atoms with Crippen molar-refractivity contribution in [3.8, 4) is 0 Å². The topological polar surface area (TPSA) is 37.4 Å². The van der Waals surface area contributed by atoms with Gasteiger partial charge in [-0.25, -0.2) is 4.90 Å². The van der Waals surface area contributed by atoms with Gasteiger partial charge in [-0.15, -0.1) is 0 Å². The molecule has 0 aromatic heterocycles. The van der Waals surface area contributed by atoms with Gasteiger partial charge in [-0.05, 0) is 63.1 Å². The molecule has 0 unspecified atom stereocenters. The highest BCUT2D eigenvalue weighted by atomic mass is 127. The maximum Gasteiger partial charge on any atom is 0.238 e. The lowest BCUT2D eigenvalue weighted by molar-refractivity contribution is -0.122. The van der Waals surface area contributed by atoms with E-state index >= 15 is 0 Å². The number of anilines is 1. The van der Waals surface area contributed by atoms with Crippen molar-refractivity contribution < 1.29 is 9.59 Å². The van der Waals surface area contributed by atoms with Crippen molar-refractivity contribution in [3.05, 3.63) is 117 Å².